The third-order valence-corrected chi connectivity index (χ3v) is 9.54. The first-order valence-corrected chi connectivity index (χ1v) is 10.9. The van der Waals surface area contributed by atoms with Crippen LogP contribution < -0.4 is 0 Å². The molecule has 4 rings (SSSR count). The third kappa shape index (κ3) is 2.41. The minimum Gasteiger partial charge on any atom is -0.457 e. The van der Waals surface area contributed by atoms with E-state index in [1.165, 1.54) is 13.8 Å². The highest BCUT2D eigenvalue weighted by Gasteiger charge is 2.80. The SMILES string of the molecule is CC(=O)OC1C(O)C23CC(CCC2C(C)(O)[C@@H]2C(O)C(O)C(C)(C)C12O)C(C)(O)C3. The van der Waals surface area contributed by atoms with Crippen molar-refractivity contribution >= 4 is 5.97 Å². The number of carbonyl (C=O) groups excluding carboxylic acids is 1. The average Bonchev–Trinajstić information content (AvgIpc) is 2.88. The topological polar surface area (TPSA) is 148 Å². The lowest BCUT2D eigenvalue weighted by Gasteiger charge is -2.50. The molecule has 8 heteroatoms. The van der Waals surface area contributed by atoms with Gasteiger partial charge in [0, 0.05) is 23.7 Å². The molecule has 0 aromatic carbocycles. The van der Waals surface area contributed by atoms with Crippen LogP contribution in [0.4, 0.5) is 0 Å². The van der Waals surface area contributed by atoms with E-state index in [0.717, 1.165) is 0 Å². The van der Waals surface area contributed by atoms with Crippen molar-refractivity contribution in [2.24, 2.45) is 28.6 Å². The molecule has 8 nitrogen and oxygen atoms in total. The van der Waals surface area contributed by atoms with Crippen LogP contribution in [0, 0.1) is 28.6 Å². The van der Waals surface area contributed by atoms with E-state index in [9.17, 15) is 35.4 Å². The zero-order valence-corrected chi connectivity index (χ0v) is 18.4. The second-order valence-corrected chi connectivity index (χ2v) is 11.5. The number of rotatable bonds is 1. The molecule has 0 heterocycles. The zero-order valence-electron chi connectivity index (χ0n) is 18.4. The molecule has 0 aromatic rings. The van der Waals surface area contributed by atoms with Crippen LogP contribution in [0.3, 0.4) is 0 Å². The van der Waals surface area contributed by atoms with Gasteiger partial charge >= 0.3 is 5.97 Å². The minimum atomic E-state index is -2.10. The minimum absolute atomic E-state index is 0.0896. The first kappa shape index (κ1) is 22.4. The summed E-state index contributed by atoms with van der Waals surface area (Å²) in [5, 5.41) is 68.6. The van der Waals surface area contributed by atoms with E-state index in [4.69, 9.17) is 4.74 Å². The number of fused-ring (bicyclic) bond motifs is 2. The number of aliphatic hydroxyl groups is 6. The normalized spacial score (nSPS) is 59.2. The van der Waals surface area contributed by atoms with E-state index >= 15 is 0 Å². The summed E-state index contributed by atoms with van der Waals surface area (Å²) in [4.78, 5) is 12.0. The van der Waals surface area contributed by atoms with Crippen LogP contribution in [0.5, 0.6) is 0 Å². The molecule has 4 saturated carbocycles. The van der Waals surface area contributed by atoms with E-state index < -0.39 is 69.9 Å². The molecule has 0 radical (unpaired) electrons. The van der Waals surface area contributed by atoms with E-state index in [-0.39, 0.29) is 12.3 Å². The summed E-state index contributed by atoms with van der Waals surface area (Å²) in [7, 11) is 0. The number of hydrogen-bond donors (Lipinski definition) is 6. The molecule has 1 spiro atoms. The van der Waals surface area contributed by atoms with Crippen LogP contribution in [0.1, 0.15) is 60.3 Å². The second-order valence-electron chi connectivity index (χ2n) is 11.5. The van der Waals surface area contributed by atoms with Gasteiger partial charge in [-0.25, -0.2) is 0 Å². The molecule has 172 valence electrons. The predicted molar refractivity (Wildman–Crippen MR) is 105 cm³/mol. The summed E-state index contributed by atoms with van der Waals surface area (Å²) >= 11 is 0. The van der Waals surface area contributed by atoms with E-state index in [0.29, 0.717) is 19.3 Å². The van der Waals surface area contributed by atoms with Crippen LogP contribution in [0.2, 0.25) is 0 Å². The Labute approximate surface area is 176 Å². The van der Waals surface area contributed by atoms with Crippen molar-refractivity contribution in [1.82, 2.24) is 0 Å². The molecule has 0 amide bonds. The quantitative estimate of drug-likeness (QED) is 0.312. The van der Waals surface area contributed by atoms with Crippen LogP contribution in [0.25, 0.3) is 0 Å². The largest absolute Gasteiger partial charge is 0.457 e. The monoisotopic (exact) mass is 428 g/mol. The summed E-state index contributed by atoms with van der Waals surface area (Å²) in [6, 6.07) is 0. The van der Waals surface area contributed by atoms with Crippen LogP contribution in [0.15, 0.2) is 0 Å². The van der Waals surface area contributed by atoms with E-state index in [2.05, 4.69) is 0 Å². The maximum Gasteiger partial charge on any atom is 0.303 e. The molecule has 11 atom stereocenters. The lowest BCUT2D eigenvalue weighted by Crippen LogP contribution is -2.64. The number of aliphatic hydroxyl groups excluding tert-OH is 3. The summed E-state index contributed by atoms with van der Waals surface area (Å²) in [6.07, 6.45) is -4.04. The van der Waals surface area contributed by atoms with Gasteiger partial charge in [-0.05, 0) is 51.4 Å². The highest BCUT2D eigenvalue weighted by molar-refractivity contribution is 5.66. The fourth-order valence-corrected chi connectivity index (χ4v) is 8.13. The molecule has 0 aromatic heterocycles. The molecule has 6 N–H and O–H groups in total. The van der Waals surface area contributed by atoms with Crippen molar-refractivity contribution in [3.8, 4) is 0 Å². The first-order valence-electron chi connectivity index (χ1n) is 10.9. The fourth-order valence-electron chi connectivity index (χ4n) is 8.13. The second kappa shape index (κ2) is 6.17. The molecule has 4 fully saturated rings. The summed E-state index contributed by atoms with van der Waals surface area (Å²) < 4.78 is 5.53. The summed E-state index contributed by atoms with van der Waals surface area (Å²) in [5.41, 5.74) is -7.26. The van der Waals surface area contributed by atoms with Gasteiger partial charge in [0.25, 0.3) is 0 Å². The van der Waals surface area contributed by atoms with Gasteiger partial charge in [0.2, 0.25) is 0 Å². The Morgan fingerprint density at radius 3 is 2.13 bits per heavy atom. The Kier molecular flexibility index (Phi) is 4.61. The Balaban J connectivity index is 1.99. The van der Waals surface area contributed by atoms with Crippen LogP contribution in [-0.4, -0.2) is 77.8 Å². The Bertz CT molecular complexity index is 747. The van der Waals surface area contributed by atoms with E-state index in [1.807, 2.05) is 0 Å². The number of ether oxygens (including phenoxy) is 1. The van der Waals surface area contributed by atoms with Crippen molar-refractivity contribution in [1.29, 1.82) is 0 Å². The van der Waals surface area contributed by atoms with Gasteiger partial charge in [0.05, 0.1) is 29.5 Å². The van der Waals surface area contributed by atoms with Crippen molar-refractivity contribution in [3.63, 3.8) is 0 Å². The van der Waals surface area contributed by atoms with Gasteiger partial charge in [-0.1, -0.05) is 13.8 Å². The van der Waals surface area contributed by atoms with Gasteiger partial charge in [0.15, 0.2) is 6.10 Å². The van der Waals surface area contributed by atoms with Crippen LogP contribution in [-0.2, 0) is 9.53 Å². The van der Waals surface area contributed by atoms with Gasteiger partial charge in [-0.15, -0.1) is 0 Å². The average molecular weight is 429 g/mol. The van der Waals surface area contributed by atoms with Crippen molar-refractivity contribution in [3.05, 3.63) is 0 Å². The number of hydrogen-bond acceptors (Lipinski definition) is 8. The smallest absolute Gasteiger partial charge is 0.303 e. The molecule has 0 aliphatic heterocycles. The molecule has 4 aliphatic carbocycles. The lowest BCUT2D eigenvalue weighted by atomic mass is 9.58. The van der Waals surface area contributed by atoms with Crippen molar-refractivity contribution in [2.75, 3.05) is 0 Å². The van der Waals surface area contributed by atoms with Gasteiger partial charge < -0.3 is 35.4 Å². The first-order chi connectivity index (χ1) is 13.5. The number of carbonyl (C=O) groups is 1. The number of esters is 1. The standard InChI is InChI=1S/C22H36O8/c1-10(23)30-17-16(26)21-8-11(19(4,27)9-21)6-7-12(21)20(5,28)14-13(24)15(25)18(2,3)22(14,17)29/h11-17,24-29H,6-9H2,1-5H3/t11?,12?,13?,14-,15?,16?,17?,19?,20?,21?,22?/m0/s1. The van der Waals surface area contributed by atoms with Gasteiger partial charge in [-0.2, -0.15) is 0 Å². The molecule has 10 unspecified atom stereocenters. The third-order valence-electron chi connectivity index (χ3n) is 9.54. The van der Waals surface area contributed by atoms with Gasteiger partial charge in [0.1, 0.15) is 5.60 Å². The Hall–Kier alpha value is -0.770. The summed E-state index contributed by atoms with van der Waals surface area (Å²) in [5.74, 6) is -2.64. The van der Waals surface area contributed by atoms with E-state index in [1.54, 1.807) is 20.8 Å². The Morgan fingerprint density at radius 2 is 1.57 bits per heavy atom. The Morgan fingerprint density at radius 1 is 0.967 bits per heavy atom. The zero-order chi connectivity index (χ0) is 22.7. The molecular weight excluding hydrogens is 392 g/mol. The maximum atomic E-state index is 12.1. The van der Waals surface area contributed by atoms with Gasteiger partial charge in [-0.3, -0.25) is 4.79 Å². The molecular formula is C22H36O8. The van der Waals surface area contributed by atoms with Crippen molar-refractivity contribution in [2.45, 2.75) is 102 Å². The summed E-state index contributed by atoms with van der Waals surface area (Å²) in [6.45, 7) is 7.51. The lowest BCUT2D eigenvalue weighted by molar-refractivity contribution is -0.232. The molecule has 4 aliphatic rings. The predicted octanol–water partition coefficient (Wildman–Crippen LogP) is -0.290. The maximum absolute atomic E-state index is 12.1. The molecule has 30 heavy (non-hydrogen) atoms. The highest BCUT2D eigenvalue weighted by Crippen LogP contribution is 2.70. The molecule has 2 bridgehead atoms. The van der Waals surface area contributed by atoms with Crippen LogP contribution >= 0.6 is 0 Å². The fraction of sp³-hybridized carbons (Fsp3) is 0.955. The van der Waals surface area contributed by atoms with Crippen molar-refractivity contribution < 1.29 is 40.2 Å². The highest BCUT2D eigenvalue weighted by atomic mass is 16.6. The molecule has 0 saturated heterocycles.